The lowest BCUT2D eigenvalue weighted by molar-refractivity contribution is -0.131. The number of fused-ring (bicyclic) bond motifs is 1. The quantitative estimate of drug-likeness (QED) is 0.877. The molecule has 1 N–H and O–H groups in total. The Hall–Kier alpha value is -1.82. The number of amides is 1. The molecule has 0 saturated carbocycles. The van der Waals surface area contributed by atoms with Gasteiger partial charge < -0.3 is 19.2 Å². The highest BCUT2D eigenvalue weighted by molar-refractivity contribution is 7.71. The van der Waals surface area contributed by atoms with Crippen molar-refractivity contribution in [2.45, 2.75) is 13.0 Å². The molecule has 1 unspecified atom stereocenters. The molecule has 0 radical (unpaired) electrons. The summed E-state index contributed by atoms with van der Waals surface area (Å²) >= 11 is 5.31. The minimum absolute atomic E-state index is 0.00724. The van der Waals surface area contributed by atoms with Gasteiger partial charge in [-0.3, -0.25) is 4.79 Å². The van der Waals surface area contributed by atoms with Crippen LogP contribution >= 0.6 is 12.2 Å². The average Bonchev–Trinajstić information content (AvgIpc) is 2.71. The Morgan fingerprint density at radius 3 is 2.74 bits per heavy atom. The van der Waals surface area contributed by atoms with Gasteiger partial charge >= 0.3 is 0 Å². The molecular weight excluding hydrogens is 262 g/mol. The van der Waals surface area contributed by atoms with Crippen molar-refractivity contribution in [1.82, 2.24) is 14.5 Å². The van der Waals surface area contributed by atoms with Crippen LogP contribution in [0.4, 0.5) is 0 Å². The number of ether oxygens (including phenoxy) is 1. The van der Waals surface area contributed by atoms with Crippen LogP contribution in [0.1, 0.15) is 13.0 Å². The van der Waals surface area contributed by atoms with Gasteiger partial charge in [0.05, 0.1) is 18.1 Å². The maximum atomic E-state index is 12.1. The number of benzene rings is 1. The van der Waals surface area contributed by atoms with Gasteiger partial charge in [-0.05, 0) is 31.3 Å². The molecule has 0 aliphatic rings. The molecule has 1 atom stereocenters. The number of aromatic amines is 1. The Kier molecular flexibility index (Phi) is 3.61. The number of H-pyrrole nitrogens is 1. The zero-order chi connectivity index (χ0) is 14.2. The van der Waals surface area contributed by atoms with Crippen LogP contribution < -0.4 is 4.74 Å². The van der Waals surface area contributed by atoms with Crippen molar-refractivity contribution in [3.63, 3.8) is 0 Å². The Morgan fingerprint density at radius 1 is 1.47 bits per heavy atom. The summed E-state index contributed by atoms with van der Waals surface area (Å²) in [6.07, 6.45) is 0. The summed E-state index contributed by atoms with van der Waals surface area (Å²) in [5.74, 6) is 0.760. The van der Waals surface area contributed by atoms with Gasteiger partial charge in [0.15, 0.2) is 4.77 Å². The molecule has 0 aliphatic carbocycles. The zero-order valence-corrected chi connectivity index (χ0v) is 12.2. The molecule has 5 nitrogen and oxygen atoms in total. The van der Waals surface area contributed by atoms with Gasteiger partial charge in [-0.1, -0.05) is 0 Å². The van der Waals surface area contributed by atoms with Crippen LogP contribution in [0.3, 0.4) is 0 Å². The van der Waals surface area contributed by atoms with Gasteiger partial charge in [-0.25, -0.2) is 0 Å². The molecular formula is C13H17N3O2S. The Balaban J connectivity index is 2.58. The maximum Gasteiger partial charge on any atom is 0.244 e. The van der Waals surface area contributed by atoms with Crippen molar-refractivity contribution in [3.8, 4) is 5.75 Å². The molecule has 102 valence electrons. The highest BCUT2D eigenvalue weighted by Gasteiger charge is 2.20. The van der Waals surface area contributed by atoms with Crippen LogP contribution in [0.15, 0.2) is 18.2 Å². The number of likely N-dealkylation sites (N-methyl/N-ethyl adjacent to an activating group) is 1. The second-order valence-electron chi connectivity index (χ2n) is 4.59. The summed E-state index contributed by atoms with van der Waals surface area (Å²) in [6.45, 7) is 1.84. The van der Waals surface area contributed by atoms with E-state index in [0.717, 1.165) is 16.8 Å². The lowest BCUT2D eigenvalue weighted by Crippen LogP contribution is -2.29. The van der Waals surface area contributed by atoms with E-state index in [1.165, 1.54) is 0 Å². The molecule has 0 aliphatic heterocycles. The van der Waals surface area contributed by atoms with Gasteiger partial charge in [-0.2, -0.15) is 0 Å². The number of nitrogens with zero attached hydrogens (tertiary/aromatic N) is 2. The molecule has 19 heavy (non-hydrogen) atoms. The number of aromatic nitrogens is 2. The fourth-order valence-corrected chi connectivity index (χ4v) is 2.47. The normalized spacial score (nSPS) is 12.4. The van der Waals surface area contributed by atoms with E-state index < -0.39 is 0 Å². The first-order valence-electron chi connectivity index (χ1n) is 5.95. The van der Waals surface area contributed by atoms with Gasteiger partial charge in [0.1, 0.15) is 11.8 Å². The molecule has 0 bridgehead atoms. The number of hydrogen-bond donors (Lipinski definition) is 1. The van der Waals surface area contributed by atoms with E-state index in [1.807, 2.05) is 29.7 Å². The first-order chi connectivity index (χ1) is 8.95. The van der Waals surface area contributed by atoms with Crippen molar-refractivity contribution in [3.05, 3.63) is 23.0 Å². The van der Waals surface area contributed by atoms with Crippen molar-refractivity contribution in [2.75, 3.05) is 21.2 Å². The molecule has 1 amide bonds. The number of carbonyl (C=O) groups excluding carboxylic acids is 1. The van der Waals surface area contributed by atoms with Crippen molar-refractivity contribution in [2.24, 2.45) is 0 Å². The van der Waals surface area contributed by atoms with E-state index in [-0.39, 0.29) is 11.9 Å². The number of nitrogens with one attached hydrogen (secondary N) is 1. The molecule has 2 rings (SSSR count). The SMILES string of the molecule is COc1ccc2c(c1)[nH]c(=S)n2C(C)C(=O)N(C)C. The predicted octanol–water partition coefficient (Wildman–Crippen LogP) is 2.36. The van der Waals surface area contributed by atoms with Crippen LogP contribution in [0, 0.1) is 4.77 Å². The summed E-state index contributed by atoms with van der Waals surface area (Å²) in [5.41, 5.74) is 1.76. The highest BCUT2D eigenvalue weighted by atomic mass is 32.1. The Labute approximate surface area is 116 Å². The largest absolute Gasteiger partial charge is 0.497 e. The predicted molar refractivity (Wildman–Crippen MR) is 77.1 cm³/mol. The van der Waals surface area contributed by atoms with Crippen LogP contribution in [-0.2, 0) is 4.79 Å². The van der Waals surface area contributed by atoms with Crippen LogP contribution in [0.5, 0.6) is 5.75 Å². The Morgan fingerprint density at radius 2 is 2.16 bits per heavy atom. The summed E-state index contributed by atoms with van der Waals surface area (Å²) < 4.78 is 7.54. The second kappa shape index (κ2) is 5.05. The number of imidazole rings is 1. The van der Waals surface area contributed by atoms with Gasteiger partial charge in [0.2, 0.25) is 5.91 Å². The molecule has 0 fully saturated rings. The topological polar surface area (TPSA) is 50.3 Å². The zero-order valence-electron chi connectivity index (χ0n) is 11.4. The number of carbonyl (C=O) groups is 1. The summed E-state index contributed by atoms with van der Waals surface area (Å²) in [4.78, 5) is 16.7. The van der Waals surface area contributed by atoms with E-state index in [0.29, 0.717) is 4.77 Å². The van der Waals surface area contributed by atoms with Crippen LogP contribution in [0.25, 0.3) is 11.0 Å². The first-order valence-corrected chi connectivity index (χ1v) is 6.36. The minimum atomic E-state index is -0.343. The van der Waals surface area contributed by atoms with Crippen molar-refractivity contribution >= 4 is 29.2 Å². The molecule has 6 heteroatoms. The van der Waals surface area contributed by atoms with E-state index in [1.54, 1.807) is 26.1 Å². The van der Waals surface area contributed by atoms with Gasteiger partial charge in [0.25, 0.3) is 0 Å². The first kappa shape index (κ1) is 13.6. The standard InChI is InChI=1S/C13H17N3O2S/c1-8(12(17)15(2)3)16-11-6-5-9(18-4)7-10(11)14-13(16)19/h5-8H,1-4H3,(H,14,19). The fourth-order valence-electron chi connectivity index (χ4n) is 2.11. The summed E-state index contributed by atoms with van der Waals surface area (Å²) in [6, 6.07) is 5.28. The highest BCUT2D eigenvalue weighted by Crippen LogP contribution is 2.24. The second-order valence-corrected chi connectivity index (χ2v) is 4.98. The molecule has 1 heterocycles. The van der Waals surface area contributed by atoms with E-state index in [2.05, 4.69) is 4.98 Å². The van der Waals surface area contributed by atoms with E-state index in [4.69, 9.17) is 17.0 Å². The van der Waals surface area contributed by atoms with Crippen molar-refractivity contribution in [1.29, 1.82) is 0 Å². The fraction of sp³-hybridized carbons (Fsp3) is 0.385. The molecule has 2 aromatic rings. The number of methoxy groups -OCH3 is 1. The monoisotopic (exact) mass is 279 g/mol. The summed E-state index contributed by atoms with van der Waals surface area (Å²) in [5, 5.41) is 0. The molecule has 1 aromatic carbocycles. The third-order valence-electron chi connectivity index (χ3n) is 3.11. The van der Waals surface area contributed by atoms with E-state index >= 15 is 0 Å². The van der Waals surface area contributed by atoms with Gasteiger partial charge in [-0.15, -0.1) is 0 Å². The van der Waals surface area contributed by atoms with Gasteiger partial charge in [0, 0.05) is 20.2 Å². The molecule has 1 aromatic heterocycles. The minimum Gasteiger partial charge on any atom is -0.497 e. The van der Waals surface area contributed by atoms with E-state index in [9.17, 15) is 4.79 Å². The lowest BCUT2D eigenvalue weighted by Gasteiger charge is -2.18. The number of rotatable bonds is 3. The third-order valence-corrected chi connectivity index (χ3v) is 3.41. The third kappa shape index (κ3) is 2.35. The molecule has 0 saturated heterocycles. The maximum absolute atomic E-state index is 12.1. The number of hydrogen-bond acceptors (Lipinski definition) is 3. The van der Waals surface area contributed by atoms with Crippen molar-refractivity contribution < 1.29 is 9.53 Å². The van der Waals surface area contributed by atoms with Crippen LogP contribution in [-0.4, -0.2) is 41.6 Å². The smallest absolute Gasteiger partial charge is 0.244 e. The average molecular weight is 279 g/mol. The van der Waals surface area contributed by atoms with Crippen LogP contribution in [0.2, 0.25) is 0 Å². The molecule has 0 spiro atoms. The Bertz CT molecular complexity index is 672. The lowest BCUT2D eigenvalue weighted by atomic mass is 10.2. The summed E-state index contributed by atoms with van der Waals surface area (Å²) in [7, 11) is 5.09.